The molecule has 5 nitrogen and oxygen atoms in total. The molecule has 1 unspecified atom stereocenters. The molecule has 1 aromatic heterocycles. The highest BCUT2D eigenvalue weighted by atomic mass is 35.5. The predicted molar refractivity (Wildman–Crippen MR) is 73.1 cm³/mol. The van der Waals surface area contributed by atoms with Gasteiger partial charge in [0, 0.05) is 13.1 Å². The second-order valence-electron chi connectivity index (χ2n) is 4.07. The summed E-state index contributed by atoms with van der Waals surface area (Å²) < 4.78 is 0. The lowest BCUT2D eigenvalue weighted by molar-refractivity contribution is -0.123. The fourth-order valence-electron chi connectivity index (χ4n) is 2.05. The predicted octanol–water partition coefficient (Wildman–Crippen LogP) is 1.69. The van der Waals surface area contributed by atoms with Crippen molar-refractivity contribution in [2.75, 3.05) is 23.7 Å². The van der Waals surface area contributed by atoms with Crippen LogP contribution in [0.25, 0.3) is 0 Å². The van der Waals surface area contributed by atoms with Crippen LogP contribution in [-0.4, -0.2) is 30.0 Å². The van der Waals surface area contributed by atoms with E-state index in [-0.39, 0.29) is 17.8 Å². The lowest BCUT2D eigenvalue weighted by Crippen LogP contribution is -2.55. The second-order valence-corrected chi connectivity index (χ2v) is 4.88. The van der Waals surface area contributed by atoms with E-state index in [0.717, 1.165) is 0 Å². The highest BCUT2D eigenvalue weighted by molar-refractivity contribution is 6.37. The molecule has 2 heterocycles. The number of nitrogens with one attached hydrogen (secondary N) is 1. The van der Waals surface area contributed by atoms with Crippen molar-refractivity contribution in [1.29, 1.82) is 0 Å². The maximum absolute atomic E-state index is 11.8. The molecule has 0 spiro atoms. The van der Waals surface area contributed by atoms with E-state index in [0.29, 0.717) is 35.4 Å². The number of carbonyl (C=O) groups excluding carboxylic acids is 1. The molecular weight excluding hydrogens is 275 g/mol. The third kappa shape index (κ3) is 2.33. The normalized spacial score (nSPS) is 19.8. The summed E-state index contributed by atoms with van der Waals surface area (Å²) in [6.45, 7) is 3.16. The molecule has 0 radical (unpaired) electrons. The molecule has 0 aliphatic carbocycles. The number of hydrogen-bond acceptors (Lipinski definition) is 4. The maximum atomic E-state index is 11.8. The van der Waals surface area contributed by atoms with Gasteiger partial charge >= 0.3 is 0 Å². The van der Waals surface area contributed by atoms with E-state index in [1.807, 2.05) is 11.8 Å². The van der Waals surface area contributed by atoms with E-state index in [1.54, 1.807) is 6.07 Å². The number of hydrogen-bond donors (Lipinski definition) is 2. The van der Waals surface area contributed by atoms with Crippen molar-refractivity contribution in [2.45, 2.75) is 19.4 Å². The molecule has 1 fully saturated rings. The van der Waals surface area contributed by atoms with Crippen LogP contribution in [0.1, 0.15) is 13.3 Å². The third-order valence-electron chi connectivity index (χ3n) is 2.93. The molecule has 3 N–H and O–H groups in total. The van der Waals surface area contributed by atoms with Gasteiger partial charge in [0.2, 0.25) is 5.91 Å². The van der Waals surface area contributed by atoms with Crippen LogP contribution in [-0.2, 0) is 4.79 Å². The van der Waals surface area contributed by atoms with Crippen molar-refractivity contribution in [3.63, 3.8) is 0 Å². The van der Waals surface area contributed by atoms with Gasteiger partial charge in [0.1, 0.15) is 11.9 Å². The van der Waals surface area contributed by atoms with Gasteiger partial charge in [-0.1, -0.05) is 30.1 Å². The van der Waals surface area contributed by atoms with E-state index in [2.05, 4.69) is 10.3 Å². The molecule has 1 atom stereocenters. The van der Waals surface area contributed by atoms with E-state index >= 15 is 0 Å². The van der Waals surface area contributed by atoms with Gasteiger partial charge in [0.15, 0.2) is 5.82 Å². The zero-order chi connectivity index (χ0) is 13.3. The monoisotopic (exact) mass is 288 g/mol. The second kappa shape index (κ2) is 5.20. The van der Waals surface area contributed by atoms with Gasteiger partial charge in [-0.25, -0.2) is 4.98 Å². The third-order valence-corrected chi connectivity index (χ3v) is 3.51. The Morgan fingerprint density at radius 1 is 1.56 bits per heavy atom. The molecule has 1 amide bonds. The van der Waals surface area contributed by atoms with Crippen LogP contribution >= 0.6 is 23.2 Å². The maximum Gasteiger partial charge on any atom is 0.242 e. The van der Waals surface area contributed by atoms with Gasteiger partial charge in [0.05, 0.1) is 10.0 Å². The molecule has 1 aromatic rings. The number of halogens is 2. The Morgan fingerprint density at radius 3 is 2.94 bits per heavy atom. The van der Waals surface area contributed by atoms with E-state index in [1.165, 1.54) is 0 Å². The lowest BCUT2D eigenvalue weighted by atomic mass is 10.1. The van der Waals surface area contributed by atoms with Gasteiger partial charge in [-0.2, -0.15) is 0 Å². The topological polar surface area (TPSA) is 71.2 Å². The number of pyridine rings is 1. The van der Waals surface area contributed by atoms with Crippen LogP contribution < -0.4 is 16.0 Å². The zero-order valence-electron chi connectivity index (χ0n) is 9.91. The quantitative estimate of drug-likeness (QED) is 0.869. The Bertz CT molecular complexity index is 480. The molecule has 18 heavy (non-hydrogen) atoms. The minimum absolute atomic E-state index is 0.0184. The van der Waals surface area contributed by atoms with Crippen molar-refractivity contribution < 1.29 is 4.79 Å². The molecule has 7 heteroatoms. The van der Waals surface area contributed by atoms with Gasteiger partial charge in [0.25, 0.3) is 0 Å². The summed E-state index contributed by atoms with van der Waals surface area (Å²) in [4.78, 5) is 17.8. The van der Waals surface area contributed by atoms with Crippen LogP contribution in [0.3, 0.4) is 0 Å². The molecule has 0 bridgehead atoms. The lowest BCUT2D eigenvalue weighted by Gasteiger charge is -2.35. The summed E-state index contributed by atoms with van der Waals surface area (Å²) in [6, 6.07) is 1.28. The van der Waals surface area contributed by atoms with Crippen LogP contribution in [0.4, 0.5) is 11.6 Å². The number of amides is 1. The molecule has 0 aromatic carbocycles. The summed E-state index contributed by atoms with van der Waals surface area (Å²) in [7, 11) is 0. The van der Waals surface area contributed by atoms with Crippen LogP contribution in [0.15, 0.2) is 6.07 Å². The van der Waals surface area contributed by atoms with Crippen LogP contribution in [0.2, 0.25) is 10.0 Å². The highest BCUT2D eigenvalue weighted by Crippen LogP contribution is 2.31. The molecule has 1 aliphatic rings. The molecule has 1 aliphatic heterocycles. The van der Waals surface area contributed by atoms with Gasteiger partial charge in [-0.15, -0.1) is 0 Å². The molecule has 0 saturated carbocycles. The summed E-state index contributed by atoms with van der Waals surface area (Å²) >= 11 is 12.0. The van der Waals surface area contributed by atoms with Gasteiger partial charge in [-0.3, -0.25) is 4.79 Å². The van der Waals surface area contributed by atoms with Gasteiger partial charge in [-0.05, 0) is 12.5 Å². The number of carbonyl (C=O) groups is 1. The number of rotatable bonds is 2. The number of piperazine rings is 1. The van der Waals surface area contributed by atoms with Crippen LogP contribution in [0.5, 0.6) is 0 Å². The fourth-order valence-corrected chi connectivity index (χ4v) is 2.51. The van der Waals surface area contributed by atoms with Gasteiger partial charge < -0.3 is 16.0 Å². The number of nitrogens with zero attached hydrogens (tertiary/aromatic N) is 2. The standard InChI is InChI=1S/C11H14Cl2N4O/c1-2-8-11(18)15-3-4-17(8)10-7(13)5-6(12)9(14)16-10/h5,8H,2-4H2,1H3,(H2,14,16)(H,15,18). The fraction of sp³-hybridized carbons (Fsp3) is 0.455. The Kier molecular flexibility index (Phi) is 3.82. The first-order valence-electron chi connectivity index (χ1n) is 5.70. The Morgan fingerprint density at radius 2 is 2.28 bits per heavy atom. The SMILES string of the molecule is CCC1C(=O)NCCN1c1nc(N)c(Cl)cc1Cl. The van der Waals surface area contributed by atoms with Crippen molar-refractivity contribution in [2.24, 2.45) is 0 Å². The average Bonchev–Trinajstić information content (AvgIpc) is 2.33. The minimum atomic E-state index is -0.274. The van der Waals surface area contributed by atoms with Crippen molar-refractivity contribution >= 4 is 40.7 Å². The Balaban J connectivity index is 2.40. The Labute approximate surface area is 115 Å². The first-order valence-corrected chi connectivity index (χ1v) is 6.46. The van der Waals surface area contributed by atoms with E-state index in [9.17, 15) is 4.79 Å². The first kappa shape index (κ1) is 13.2. The largest absolute Gasteiger partial charge is 0.382 e. The smallest absolute Gasteiger partial charge is 0.242 e. The molecule has 1 saturated heterocycles. The van der Waals surface area contributed by atoms with Crippen molar-refractivity contribution in [1.82, 2.24) is 10.3 Å². The van der Waals surface area contributed by atoms with E-state index < -0.39 is 0 Å². The van der Waals surface area contributed by atoms with Crippen LogP contribution in [0, 0.1) is 0 Å². The summed E-state index contributed by atoms with van der Waals surface area (Å²) in [6.07, 6.45) is 0.673. The van der Waals surface area contributed by atoms with Crippen molar-refractivity contribution in [3.05, 3.63) is 16.1 Å². The number of nitrogens with two attached hydrogens (primary N) is 1. The molecule has 98 valence electrons. The highest BCUT2D eigenvalue weighted by Gasteiger charge is 2.30. The number of nitrogen functional groups attached to an aromatic ring is 1. The first-order chi connectivity index (χ1) is 8.54. The van der Waals surface area contributed by atoms with E-state index in [4.69, 9.17) is 28.9 Å². The number of anilines is 2. The van der Waals surface area contributed by atoms with Crippen molar-refractivity contribution in [3.8, 4) is 0 Å². The summed E-state index contributed by atoms with van der Waals surface area (Å²) in [5.41, 5.74) is 5.69. The molecular formula is C11H14Cl2N4O. The summed E-state index contributed by atoms with van der Waals surface area (Å²) in [5.74, 6) is 0.715. The Hall–Kier alpha value is -1.20. The minimum Gasteiger partial charge on any atom is -0.382 e. The molecule has 2 rings (SSSR count). The zero-order valence-corrected chi connectivity index (χ0v) is 11.4. The summed E-state index contributed by atoms with van der Waals surface area (Å²) in [5, 5.41) is 3.54. The number of aromatic nitrogens is 1. The average molecular weight is 289 g/mol.